The van der Waals surface area contributed by atoms with E-state index in [2.05, 4.69) is 25.4 Å². The number of hydrogen-bond acceptors (Lipinski definition) is 10. The molecule has 0 radical (unpaired) electrons. The van der Waals surface area contributed by atoms with Gasteiger partial charge in [-0.05, 0) is 25.0 Å². The van der Waals surface area contributed by atoms with Gasteiger partial charge < -0.3 is 9.57 Å². The predicted molar refractivity (Wildman–Crippen MR) is 130 cm³/mol. The summed E-state index contributed by atoms with van der Waals surface area (Å²) in [5, 5.41) is 6.92. The average Bonchev–Trinajstić information content (AvgIpc) is 3.44. The van der Waals surface area contributed by atoms with E-state index in [1.807, 2.05) is 19.0 Å². The minimum absolute atomic E-state index is 0.0115. The number of nitrogens with zero attached hydrogens (tertiary/aromatic N) is 4. The number of H-pyrrole nitrogens is 1. The van der Waals surface area contributed by atoms with E-state index in [9.17, 15) is 13.2 Å². The van der Waals surface area contributed by atoms with Crippen LogP contribution >= 0.6 is 11.3 Å². The van der Waals surface area contributed by atoms with E-state index in [-0.39, 0.29) is 22.0 Å². The van der Waals surface area contributed by atoms with Crippen molar-refractivity contribution in [1.82, 2.24) is 9.97 Å². The Balaban J connectivity index is 1.41. The molecule has 2 aromatic heterocycles. The quantitative estimate of drug-likeness (QED) is 0.352. The Labute approximate surface area is 206 Å². The van der Waals surface area contributed by atoms with Gasteiger partial charge in [-0.15, -0.1) is 0 Å². The zero-order chi connectivity index (χ0) is 24.6. The fraction of sp³-hybridized carbons (Fsp3) is 0.409. The number of carbonyl (C=O) groups excluding carboxylic acids is 1. The Bertz CT molecular complexity index is 1380. The molecule has 35 heavy (non-hydrogen) atoms. The molecule has 2 fully saturated rings. The lowest BCUT2D eigenvalue weighted by molar-refractivity contribution is -0.327. The zero-order valence-electron chi connectivity index (χ0n) is 19.2. The van der Waals surface area contributed by atoms with Crippen LogP contribution in [0.5, 0.6) is 0 Å². The Kier molecular flexibility index (Phi) is 6.38. The first-order valence-electron chi connectivity index (χ1n) is 11.1. The lowest BCUT2D eigenvalue weighted by Crippen LogP contribution is -2.25. The second-order valence-corrected chi connectivity index (χ2v) is 11.8. The SMILES string of the molecule is CN(C)c1cnc2nc(NC(=O)/C(=N/O[C@@H]3CCOC3)c3ccc(S(=O)(=O)C4CC4)cc3)sc2[nH+]1. The molecule has 5 rings (SSSR count). The molecule has 0 spiro atoms. The van der Waals surface area contributed by atoms with E-state index in [1.54, 1.807) is 18.3 Å². The van der Waals surface area contributed by atoms with Gasteiger partial charge in [0.15, 0.2) is 26.8 Å². The largest absolute Gasteiger partial charge is 0.389 e. The number of hydrogen-bond donors (Lipinski definition) is 1. The van der Waals surface area contributed by atoms with Crippen molar-refractivity contribution in [3.05, 3.63) is 36.0 Å². The number of fused-ring (bicyclic) bond motifs is 1. The summed E-state index contributed by atoms with van der Waals surface area (Å²) in [7, 11) is 0.445. The fourth-order valence-corrected chi connectivity index (χ4v) is 5.98. The van der Waals surface area contributed by atoms with Crippen molar-refractivity contribution in [2.45, 2.75) is 35.5 Å². The van der Waals surface area contributed by atoms with Gasteiger partial charge in [-0.3, -0.25) is 15.0 Å². The van der Waals surface area contributed by atoms with Crippen LogP contribution in [-0.2, 0) is 24.2 Å². The maximum atomic E-state index is 13.2. The highest BCUT2D eigenvalue weighted by Crippen LogP contribution is 2.33. The number of sulfone groups is 1. The highest BCUT2D eigenvalue weighted by atomic mass is 32.2. The van der Waals surface area contributed by atoms with Gasteiger partial charge in [-0.1, -0.05) is 28.6 Å². The molecule has 11 nitrogen and oxygen atoms in total. The number of thiazole rings is 1. The molecule has 1 aliphatic carbocycles. The Morgan fingerprint density at radius 2 is 2.03 bits per heavy atom. The Morgan fingerprint density at radius 3 is 2.69 bits per heavy atom. The lowest BCUT2D eigenvalue weighted by Gasteiger charge is -2.10. The van der Waals surface area contributed by atoms with Crippen molar-refractivity contribution < 1.29 is 27.8 Å². The van der Waals surface area contributed by atoms with Crippen LogP contribution in [0.3, 0.4) is 0 Å². The molecule has 1 saturated carbocycles. The molecule has 184 valence electrons. The van der Waals surface area contributed by atoms with Crippen molar-refractivity contribution in [2.75, 3.05) is 37.5 Å². The van der Waals surface area contributed by atoms with Crippen LogP contribution in [0.4, 0.5) is 10.9 Å². The number of nitrogens with one attached hydrogen (secondary N) is 2. The highest BCUT2D eigenvalue weighted by Gasteiger charge is 2.36. The van der Waals surface area contributed by atoms with Gasteiger partial charge in [0.1, 0.15) is 6.20 Å². The first-order chi connectivity index (χ1) is 16.8. The van der Waals surface area contributed by atoms with E-state index in [1.165, 1.54) is 23.5 Å². The summed E-state index contributed by atoms with van der Waals surface area (Å²) in [6.07, 6.45) is 3.44. The van der Waals surface area contributed by atoms with Crippen LogP contribution in [0, 0.1) is 0 Å². The molecular weight excluding hydrogens is 492 g/mol. The maximum absolute atomic E-state index is 13.2. The minimum Gasteiger partial charge on any atom is -0.389 e. The van der Waals surface area contributed by atoms with Crippen molar-refractivity contribution in [1.29, 1.82) is 0 Å². The van der Waals surface area contributed by atoms with Crippen LogP contribution in [0.15, 0.2) is 40.5 Å². The second-order valence-electron chi connectivity index (χ2n) is 8.59. The van der Waals surface area contributed by atoms with Crippen LogP contribution in [0.2, 0.25) is 0 Å². The normalized spacial score (nSPS) is 18.6. The number of amides is 1. The molecule has 1 aliphatic heterocycles. The summed E-state index contributed by atoms with van der Waals surface area (Å²) < 4.78 is 30.4. The molecule has 2 N–H and O–H groups in total. The van der Waals surface area contributed by atoms with E-state index in [4.69, 9.17) is 9.57 Å². The number of ether oxygens (including phenoxy) is 1. The van der Waals surface area contributed by atoms with Crippen LogP contribution in [0.1, 0.15) is 24.8 Å². The predicted octanol–water partition coefficient (Wildman–Crippen LogP) is 1.66. The molecule has 1 atom stereocenters. The van der Waals surface area contributed by atoms with Crippen molar-refractivity contribution in [3.8, 4) is 0 Å². The average molecular weight is 518 g/mol. The number of carbonyl (C=O) groups is 1. The molecule has 13 heteroatoms. The van der Waals surface area contributed by atoms with E-state index >= 15 is 0 Å². The molecule has 3 aromatic rings. The third-order valence-electron chi connectivity index (χ3n) is 5.68. The van der Waals surface area contributed by atoms with Gasteiger partial charge in [0.05, 0.1) is 37.5 Å². The molecule has 1 amide bonds. The minimum atomic E-state index is -3.34. The van der Waals surface area contributed by atoms with E-state index < -0.39 is 15.7 Å². The molecule has 0 unspecified atom stereocenters. The van der Waals surface area contributed by atoms with Gasteiger partial charge in [0.25, 0.3) is 11.7 Å². The molecule has 1 aromatic carbocycles. The van der Waals surface area contributed by atoms with Gasteiger partial charge in [0.2, 0.25) is 10.5 Å². The summed E-state index contributed by atoms with van der Waals surface area (Å²) in [5.74, 6) is 0.267. The summed E-state index contributed by atoms with van der Waals surface area (Å²) in [5.41, 5.74) is 0.915. The molecule has 3 heterocycles. The number of aromatic amines is 1. The number of benzene rings is 1. The van der Waals surface area contributed by atoms with E-state index in [0.29, 0.717) is 53.6 Å². The van der Waals surface area contributed by atoms with Crippen LogP contribution < -0.4 is 15.2 Å². The van der Waals surface area contributed by atoms with Gasteiger partial charge in [-0.2, -0.15) is 4.98 Å². The monoisotopic (exact) mass is 517 g/mol. The number of anilines is 2. The summed E-state index contributed by atoms with van der Waals surface area (Å²) >= 11 is 1.25. The third kappa shape index (κ3) is 5.11. The van der Waals surface area contributed by atoms with Crippen molar-refractivity contribution in [2.24, 2.45) is 5.16 Å². The van der Waals surface area contributed by atoms with Gasteiger partial charge >= 0.3 is 0 Å². The Hall–Kier alpha value is -3.16. The van der Waals surface area contributed by atoms with Gasteiger partial charge in [0, 0.05) is 12.0 Å². The third-order valence-corrected chi connectivity index (χ3v) is 8.83. The summed E-state index contributed by atoms with van der Waals surface area (Å²) in [6.45, 7) is 0.962. The number of oxime groups is 1. The lowest BCUT2D eigenvalue weighted by atomic mass is 10.1. The molecular formula is C22H25N6O5S2+. The summed E-state index contributed by atoms with van der Waals surface area (Å²) in [4.78, 5) is 33.5. The van der Waals surface area contributed by atoms with Crippen LogP contribution in [0.25, 0.3) is 10.5 Å². The fourth-order valence-electron chi connectivity index (χ4n) is 3.51. The highest BCUT2D eigenvalue weighted by molar-refractivity contribution is 7.92. The summed E-state index contributed by atoms with van der Waals surface area (Å²) in [6, 6.07) is 6.14. The number of aromatic nitrogens is 3. The van der Waals surface area contributed by atoms with Crippen molar-refractivity contribution >= 4 is 54.2 Å². The van der Waals surface area contributed by atoms with Crippen LogP contribution in [-0.4, -0.2) is 68.7 Å². The zero-order valence-corrected chi connectivity index (χ0v) is 20.9. The first kappa shape index (κ1) is 23.6. The first-order valence-corrected chi connectivity index (χ1v) is 13.5. The second kappa shape index (κ2) is 9.47. The standard InChI is InChI=1S/C22H24N6O5S2/c1-28(2)17-11-23-19-21(24-17)34-22(25-19)26-20(29)18(27-33-14-9-10-32-12-14)13-3-5-15(6-4-13)35(30,31)16-7-8-16/h3-6,11,14,16H,7-10,12H2,1-2H3,(H,23,25,26,29)/p+1/b27-18+/t14-/m1/s1. The maximum Gasteiger partial charge on any atom is 0.293 e. The molecule has 0 bridgehead atoms. The smallest absolute Gasteiger partial charge is 0.293 e. The molecule has 2 aliphatic rings. The Morgan fingerprint density at radius 1 is 1.26 bits per heavy atom. The van der Waals surface area contributed by atoms with E-state index in [0.717, 1.165) is 5.82 Å². The number of rotatable bonds is 8. The van der Waals surface area contributed by atoms with Crippen molar-refractivity contribution in [3.63, 3.8) is 0 Å². The topological polar surface area (TPSA) is 137 Å². The van der Waals surface area contributed by atoms with Gasteiger partial charge in [-0.25, -0.2) is 18.4 Å². The molecule has 1 saturated heterocycles.